The summed E-state index contributed by atoms with van der Waals surface area (Å²) < 4.78 is 54.8. The molecule has 2 N–H and O–H groups in total. The summed E-state index contributed by atoms with van der Waals surface area (Å²) >= 11 is 0. The monoisotopic (exact) mass is 453 g/mol. The molecule has 3 rings (SSSR count). The predicted molar refractivity (Wildman–Crippen MR) is 106 cm³/mol. The Bertz CT molecular complexity index is 1030. The van der Waals surface area contributed by atoms with E-state index in [0.29, 0.717) is 16.8 Å². The molecular formula is C21H19F4N3O4. The summed E-state index contributed by atoms with van der Waals surface area (Å²) in [6.07, 6.45) is -8.59. The van der Waals surface area contributed by atoms with E-state index in [1.165, 1.54) is 17.3 Å². The summed E-state index contributed by atoms with van der Waals surface area (Å²) in [4.78, 5) is 38.0. The lowest BCUT2D eigenvalue weighted by Crippen LogP contribution is -2.45. The van der Waals surface area contributed by atoms with Gasteiger partial charge in [-0.2, -0.15) is 13.2 Å². The van der Waals surface area contributed by atoms with Crippen LogP contribution >= 0.6 is 0 Å². The van der Waals surface area contributed by atoms with E-state index in [9.17, 15) is 31.9 Å². The number of alkyl halides is 4. The van der Waals surface area contributed by atoms with Crippen LogP contribution in [-0.2, 0) is 14.3 Å². The number of amides is 3. The molecule has 0 saturated heterocycles. The van der Waals surface area contributed by atoms with Crippen LogP contribution in [0.4, 0.5) is 28.0 Å². The zero-order chi connectivity index (χ0) is 23.5. The van der Waals surface area contributed by atoms with E-state index in [-0.39, 0.29) is 0 Å². The molecule has 0 aliphatic carbocycles. The highest BCUT2D eigenvalue weighted by Crippen LogP contribution is 2.39. The first-order valence-electron chi connectivity index (χ1n) is 9.46. The van der Waals surface area contributed by atoms with Crippen LogP contribution in [0.1, 0.15) is 11.6 Å². The van der Waals surface area contributed by atoms with Gasteiger partial charge in [0.2, 0.25) is 6.17 Å². The van der Waals surface area contributed by atoms with E-state index in [2.05, 4.69) is 10.1 Å². The number of anilines is 1. The summed E-state index contributed by atoms with van der Waals surface area (Å²) in [5, 5.41) is 3.71. The first kappa shape index (κ1) is 23.0. The Morgan fingerprint density at radius 3 is 2.41 bits per heavy atom. The van der Waals surface area contributed by atoms with E-state index in [1.807, 2.05) is 6.07 Å². The van der Waals surface area contributed by atoms with Crippen LogP contribution in [0.25, 0.3) is 11.1 Å². The fourth-order valence-electron chi connectivity index (χ4n) is 3.25. The van der Waals surface area contributed by atoms with Crippen molar-refractivity contribution in [2.24, 2.45) is 0 Å². The normalized spacial score (nSPS) is 16.3. The second-order valence-corrected chi connectivity index (χ2v) is 6.98. The number of nitrogens with zero attached hydrogens (tertiary/aromatic N) is 1. The SMILES string of the molecule is CN1C(=O)C(NC(=O)C(F)COC(=O)NCC(F)(F)F)c2ccccc2-c2ccccc21. The quantitative estimate of drug-likeness (QED) is 0.682. The van der Waals surface area contributed by atoms with Crippen LogP contribution in [0, 0.1) is 0 Å². The number of carbonyl (C=O) groups is 3. The minimum absolute atomic E-state index is 0.443. The number of likely N-dealkylation sites (N-methyl/N-ethyl adjacent to an activating group) is 1. The van der Waals surface area contributed by atoms with Gasteiger partial charge in [-0.1, -0.05) is 42.5 Å². The molecule has 0 saturated carbocycles. The summed E-state index contributed by atoms with van der Waals surface area (Å²) in [5.41, 5.74) is 2.46. The molecule has 1 aliphatic rings. The molecule has 3 amide bonds. The number of alkyl carbamates (subject to hydrolysis) is 1. The van der Waals surface area contributed by atoms with E-state index in [1.54, 1.807) is 42.5 Å². The third kappa shape index (κ3) is 5.16. The fourth-order valence-corrected chi connectivity index (χ4v) is 3.25. The van der Waals surface area contributed by atoms with Gasteiger partial charge in [0.1, 0.15) is 19.2 Å². The van der Waals surface area contributed by atoms with Gasteiger partial charge in [-0.3, -0.25) is 9.59 Å². The number of ether oxygens (including phenoxy) is 1. The Morgan fingerprint density at radius 1 is 1.09 bits per heavy atom. The molecule has 2 unspecified atom stereocenters. The minimum atomic E-state index is -4.66. The molecule has 2 aromatic carbocycles. The molecule has 11 heteroatoms. The van der Waals surface area contributed by atoms with Crippen molar-refractivity contribution in [1.82, 2.24) is 10.6 Å². The van der Waals surface area contributed by atoms with Gasteiger partial charge < -0.3 is 20.3 Å². The Kier molecular flexibility index (Phi) is 6.66. The number of fused-ring (bicyclic) bond motifs is 3. The molecule has 170 valence electrons. The molecule has 7 nitrogen and oxygen atoms in total. The minimum Gasteiger partial charge on any atom is -0.446 e. The van der Waals surface area contributed by atoms with Crippen LogP contribution < -0.4 is 15.5 Å². The third-order valence-corrected chi connectivity index (χ3v) is 4.77. The number of benzene rings is 2. The smallest absolute Gasteiger partial charge is 0.407 e. The maximum absolute atomic E-state index is 14.3. The lowest BCUT2D eigenvalue weighted by Gasteiger charge is -2.23. The molecule has 0 spiro atoms. The van der Waals surface area contributed by atoms with Crippen LogP contribution in [0.3, 0.4) is 0 Å². The highest BCUT2D eigenvalue weighted by atomic mass is 19.4. The topological polar surface area (TPSA) is 87.7 Å². The Balaban J connectivity index is 1.73. The molecule has 0 radical (unpaired) electrons. The molecule has 0 bridgehead atoms. The second-order valence-electron chi connectivity index (χ2n) is 6.98. The van der Waals surface area contributed by atoms with Gasteiger partial charge >= 0.3 is 12.3 Å². The summed E-state index contributed by atoms with van der Waals surface area (Å²) in [5.74, 6) is -1.77. The van der Waals surface area contributed by atoms with Crippen LogP contribution in [-0.4, -0.2) is 50.5 Å². The standard InChI is InChI=1S/C21H19F4N3O4/c1-28-16-9-5-4-7-13(16)12-6-2-3-8-14(12)17(19(28)30)27-18(29)15(22)10-32-20(31)26-11-21(23,24)25/h2-9,15,17H,10-11H2,1H3,(H,26,31)(H,27,29). The summed E-state index contributed by atoms with van der Waals surface area (Å²) in [7, 11) is 1.52. The molecular weight excluding hydrogens is 434 g/mol. The zero-order valence-corrected chi connectivity index (χ0v) is 16.8. The van der Waals surface area contributed by atoms with Crippen molar-refractivity contribution in [3.8, 4) is 11.1 Å². The average Bonchev–Trinajstić information content (AvgIpc) is 2.85. The average molecular weight is 453 g/mol. The number of rotatable bonds is 5. The molecule has 1 aliphatic heterocycles. The Labute approximate surface area is 180 Å². The van der Waals surface area contributed by atoms with Crippen molar-refractivity contribution < 1.29 is 36.7 Å². The molecule has 32 heavy (non-hydrogen) atoms. The van der Waals surface area contributed by atoms with E-state index < -0.39 is 49.4 Å². The van der Waals surface area contributed by atoms with Gasteiger partial charge in [0.15, 0.2) is 0 Å². The van der Waals surface area contributed by atoms with Crippen molar-refractivity contribution in [1.29, 1.82) is 0 Å². The van der Waals surface area contributed by atoms with E-state index in [0.717, 1.165) is 5.56 Å². The maximum Gasteiger partial charge on any atom is 0.407 e. The van der Waals surface area contributed by atoms with Crippen molar-refractivity contribution in [3.05, 3.63) is 54.1 Å². The number of hydrogen-bond acceptors (Lipinski definition) is 4. The molecule has 0 aromatic heterocycles. The van der Waals surface area contributed by atoms with Crippen molar-refractivity contribution >= 4 is 23.6 Å². The van der Waals surface area contributed by atoms with Crippen LogP contribution in [0.2, 0.25) is 0 Å². The van der Waals surface area contributed by atoms with Gasteiger partial charge in [-0.25, -0.2) is 9.18 Å². The Hall–Kier alpha value is -3.63. The van der Waals surface area contributed by atoms with Gasteiger partial charge in [-0.15, -0.1) is 0 Å². The van der Waals surface area contributed by atoms with E-state index >= 15 is 0 Å². The predicted octanol–water partition coefficient (Wildman–Crippen LogP) is 3.11. The van der Waals surface area contributed by atoms with Gasteiger partial charge in [0, 0.05) is 12.6 Å². The fraction of sp³-hybridized carbons (Fsp3) is 0.286. The third-order valence-electron chi connectivity index (χ3n) is 4.77. The molecule has 2 atom stereocenters. The first-order chi connectivity index (χ1) is 15.1. The highest BCUT2D eigenvalue weighted by molar-refractivity contribution is 6.06. The summed E-state index contributed by atoms with van der Waals surface area (Å²) in [6, 6.07) is 12.7. The largest absolute Gasteiger partial charge is 0.446 e. The first-order valence-corrected chi connectivity index (χ1v) is 9.46. The van der Waals surface area contributed by atoms with Crippen molar-refractivity contribution in [3.63, 3.8) is 0 Å². The Morgan fingerprint density at radius 2 is 1.72 bits per heavy atom. The van der Waals surface area contributed by atoms with Crippen molar-refractivity contribution in [2.45, 2.75) is 18.4 Å². The van der Waals surface area contributed by atoms with Crippen molar-refractivity contribution in [2.75, 3.05) is 25.1 Å². The number of carbonyl (C=O) groups excluding carboxylic acids is 3. The lowest BCUT2D eigenvalue weighted by atomic mass is 9.95. The van der Waals surface area contributed by atoms with E-state index in [4.69, 9.17) is 0 Å². The molecule has 2 aromatic rings. The molecule has 1 heterocycles. The zero-order valence-electron chi connectivity index (χ0n) is 16.8. The maximum atomic E-state index is 14.3. The highest BCUT2D eigenvalue weighted by Gasteiger charge is 2.35. The van der Waals surface area contributed by atoms with Gasteiger partial charge in [-0.05, 0) is 17.2 Å². The van der Waals surface area contributed by atoms with Crippen LogP contribution in [0.15, 0.2) is 48.5 Å². The summed E-state index contributed by atoms with van der Waals surface area (Å²) in [6.45, 7) is -2.77. The number of hydrogen-bond donors (Lipinski definition) is 2. The van der Waals surface area contributed by atoms with Gasteiger partial charge in [0.25, 0.3) is 11.8 Å². The molecule has 0 fully saturated rings. The number of nitrogens with one attached hydrogen (secondary N) is 2. The number of halogens is 4. The van der Waals surface area contributed by atoms with Gasteiger partial charge in [0.05, 0.1) is 5.69 Å². The van der Waals surface area contributed by atoms with Crippen LogP contribution in [0.5, 0.6) is 0 Å². The second kappa shape index (κ2) is 9.25. The number of para-hydroxylation sites is 1. The lowest BCUT2D eigenvalue weighted by molar-refractivity contribution is -0.132.